The summed E-state index contributed by atoms with van der Waals surface area (Å²) in [5.74, 6) is 0.113. The first kappa shape index (κ1) is 16.4. The topological polar surface area (TPSA) is 58.2 Å². The molecular formula is C18H24N2O2S. The lowest BCUT2D eigenvalue weighted by Gasteiger charge is -2.22. The number of amides is 2. The Morgan fingerprint density at radius 1 is 1.26 bits per heavy atom. The van der Waals surface area contributed by atoms with E-state index in [0.29, 0.717) is 12.5 Å². The molecule has 1 aromatic rings. The lowest BCUT2D eigenvalue weighted by Crippen LogP contribution is -2.35. The number of hydrogen-bond acceptors (Lipinski definition) is 3. The van der Waals surface area contributed by atoms with E-state index in [9.17, 15) is 9.59 Å². The molecule has 0 bridgehead atoms. The summed E-state index contributed by atoms with van der Waals surface area (Å²) in [4.78, 5) is 25.1. The Morgan fingerprint density at radius 2 is 2.00 bits per heavy atom. The molecule has 1 atom stereocenters. The molecule has 2 aliphatic rings. The van der Waals surface area contributed by atoms with Gasteiger partial charge >= 0.3 is 0 Å². The molecule has 1 aliphatic heterocycles. The fourth-order valence-corrected chi connectivity index (χ4v) is 4.18. The van der Waals surface area contributed by atoms with Crippen molar-refractivity contribution in [2.24, 2.45) is 0 Å². The molecule has 1 saturated carbocycles. The molecule has 1 aliphatic carbocycles. The fraction of sp³-hybridized carbons (Fsp3) is 0.556. The van der Waals surface area contributed by atoms with Crippen LogP contribution in [-0.2, 0) is 16.0 Å². The minimum Gasteiger partial charge on any atom is -0.353 e. The van der Waals surface area contributed by atoms with E-state index in [-0.39, 0.29) is 17.1 Å². The molecule has 0 aromatic heterocycles. The quantitative estimate of drug-likeness (QED) is 0.833. The molecule has 0 spiro atoms. The highest BCUT2D eigenvalue weighted by molar-refractivity contribution is 8.00. The average Bonchev–Trinajstić information content (AvgIpc) is 2.77. The number of nitrogens with one attached hydrogen (secondary N) is 2. The molecule has 1 unspecified atom stereocenters. The fourth-order valence-electron chi connectivity index (χ4n) is 3.25. The summed E-state index contributed by atoms with van der Waals surface area (Å²) in [6, 6.07) is 6.25. The third-order valence-corrected chi connectivity index (χ3v) is 5.74. The maximum absolute atomic E-state index is 12.3. The van der Waals surface area contributed by atoms with Crippen LogP contribution < -0.4 is 10.6 Å². The van der Waals surface area contributed by atoms with Crippen LogP contribution in [0.2, 0.25) is 0 Å². The molecule has 3 rings (SSSR count). The zero-order valence-electron chi connectivity index (χ0n) is 13.6. The van der Waals surface area contributed by atoms with Crippen LogP contribution in [0.3, 0.4) is 0 Å². The van der Waals surface area contributed by atoms with E-state index in [1.54, 1.807) is 11.8 Å². The Balaban J connectivity index is 1.60. The van der Waals surface area contributed by atoms with Crippen molar-refractivity contribution in [3.05, 3.63) is 23.8 Å². The molecular weight excluding hydrogens is 308 g/mol. The van der Waals surface area contributed by atoms with E-state index >= 15 is 0 Å². The monoisotopic (exact) mass is 332 g/mol. The number of anilines is 1. The van der Waals surface area contributed by atoms with E-state index in [4.69, 9.17) is 0 Å². The van der Waals surface area contributed by atoms with Gasteiger partial charge in [-0.1, -0.05) is 31.7 Å². The van der Waals surface area contributed by atoms with Crippen molar-refractivity contribution in [3.63, 3.8) is 0 Å². The summed E-state index contributed by atoms with van der Waals surface area (Å²) in [6.45, 7) is 1.90. The number of carbonyl (C=O) groups excluding carboxylic acids is 2. The summed E-state index contributed by atoms with van der Waals surface area (Å²) >= 11 is 1.57. The number of fused-ring (bicyclic) bond motifs is 1. The van der Waals surface area contributed by atoms with Crippen molar-refractivity contribution in [2.45, 2.75) is 68.1 Å². The Hall–Kier alpha value is -1.49. The highest BCUT2D eigenvalue weighted by Crippen LogP contribution is 2.36. The first-order chi connectivity index (χ1) is 11.1. The van der Waals surface area contributed by atoms with Gasteiger partial charge in [0.05, 0.1) is 17.4 Å². The van der Waals surface area contributed by atoms with Crippen molar-refractivity contribution in [3.8, 4) is 0 Å². The first-order valence-electron chi connectivity index (χ1n) is 8.51. The molecule has 1 fully saturated rings. The summed E-state index contributed by atoms with van der Waals surface area (Å²) in [5.41, 5.74) is 1.78. The van der Waals surface area contributed by atoms with Crippen LogP contribution in [0.4, 0.5) is 5.69 Å². The molecule has 0 saturated heterocycles. The van der Waals surface area contributed by atoms with Gasteiger partial charge in [0, 0.05) is 10.9 Å². The van der Waals surface area contributed by atoms with Gasteiger partial charge in [0.25, 0.3) is 0 Å². The maximum Gasteiger partial charge on any atom is 0.237 e. The molecule has 2 N–H and O–H groups in total. The maximum atomic E-state index is 12.3. The lowest BCUT2D eigenvalue weighted by atomic mass is 10.1. The van der Waals surface area contributed by atoms with Crippen LogP contribution in [0.25, 0.3) is 0 Å². The van der Waals surface area contributed by atoms with E-state index < -0.39 is 0 Å². The van der Waals surface area contributed by atoms with Crippen molar-refractivity contribution in [2.75, 3.05) is 5.32 Å². The number of hydrogen-bond donors (Lipinski definition) is 2. The number of thioether (sulfide) groups is 1. The third-order valence-electron chi connectivity index (χ3n) is 4.56. The molecule has 1 aromatic carbocycles. The largest absolute Gasteiger partial charge is 0.353 e. The predicted octanol–water partition coefficient (Wildman–Crippen LogP) is 3.50. The van der Waals surface area contributed by atoms with Gasteiger partial charge in [-0.3, -0.25) is 9.59 Å². The van der Waals surface area contributed by atoms with Crippen molar-refractivity contribution in [1.82, 2.24) is 5.32 Å². The average molecular weight is 332 g/mol. The van der Waals surface area contributed by atoms with Gasteiger partial charge in [0.2, 0.25) is 11.8 Å². The van der Waals surface area contributed by atoms with Crippen LogP contribution in [0.5, 0.6) is 0 Å². The van der Waals surface area contributed by atoms with Crippen molar-refractivity contribution >= 4 is 29.3 Å². The van der Waals surface area contributed by atoms with Crippen molar-refractivity contribution in [1.29, 1.82) is 0 Å². The van der Waals surface area contributed by atoms with Gasteiger partial charge in [-0.2, -0.15) is 0 Å². The number of rotatable bonds is 3. The Bertz CT molecular complexity index is 595. The second-order valence-corrected chi connectivity index (χ2v) is 7.90. The zero-order chi connectivity index (χ0) is 16.2. The zero-order valence-corrected chi connectivity index (χ0v) is 14.4. The van der Waals surface area contributed by atoms with Crippen LogP contribution >= 0.6 is 11.8 Å². The smallest absolute Gasteiger partial charge is 0.237 e. The summed E-state index contributed by atoms with van der Waals surface area (Å²) in [7, 11) is 0. The second kappa shape index (κ2) is 7.39. The molecule has 1 heterocycles. The van der Waals surface area contributed by atoms with Crippen LogP contribution in [0.15, 0.2) is 23.1 Å². The Kier molecular flexibility index (Phi) is 5.26. The van der Waals surface area contributed by atoms with Crippen LogP contribution in [0, 0.1) is 0 Å². The Morgan fingerprint density at radius 3 is 2.74 bits per heavy atom. The van der Waals surface area contributed by atoms with E-state index in [2.05, 4.69) is 10.6 Å². The van der Waals surface area contributed by atoms with Gasteiger partial charge in [-0.15, -0.1) is 11.8 Å². The lowest BCUT2D eigenvalue weighted by molar-refractivity contribution is -0.121. The predicted molar refractivity (Wildman–Crippen MR) is 93.7 cm³/mol. The van der Waals surface area contributed by atoms with Crippen LogP contribution in [-0.4, -0.2) is 23.1 Å². The standard InChI is InChI=1S/C18H24N2O2S/c1-12-18(22)20-15-10-13(8-9-16(15)23-12)11-17(21)19-14-6-4-2-3-5-7-14/h8-10,12,14H,2-7,11H2,1H3,(H,19,21)(H,20,22). The SMILES string of the molecule is CC1Sc2ccc(CC(=O)NC3CCCCCC3)cc2NC1=O. The van der Waals surface area contributed by atoms with Gasteiger partial charge in [-0.05, 0) is 37.5 Å². The van der Waals surface area contributed by atoms with Crippen LogP contribution in [0.1, 0.15) is 51.0 Å². The van der Waals surface area contributed by atoms with Gasteiger partial charge in [0.15, 0.2) is 0 Å². The molecule has 23 heavy (non-hydrogen) atoms. The van der Waals surface area contributed by atoms with Gasteiger partial charge in [-0.25, -0.2) is 0 Å². The van der Waals surface area contributed by atoms with Gasteiger partial charge in [0.1, 0.15) is 0 Å². The van der Waals surface area contributed by atoms with Crippen molar-refractivity contribution < 1.29 is 9.59 Å². The Labute approximate surface area is 141 Å². The minimum atomic E-state index is -0.0631. The molecule has 2 amide bonds. The second-order valence-electron chi connectivity index (χ2n) is 6.51. The third kappa shape index (κ3) is 4.28. The summed E-state index contributed by atoms with van der Waals surface area (Å²) < 4.78 is 0. The highest BCUT2D eigenvalue weighted by atomic mass is 32.2. The summed E-state index contributed by atoms with van der Waals surface area (Å²) in [6.07, 6.45) is 7.57. The van der Waals surface area contributed by atoms with E-state index in [0.717, 1.165) is 29.0 Å². The molecule has 124 valence electrons. The van der Waals surface area contributed by atoms with E-state index in [1.807, 2.05) is 25.1 Å². The molecule has 5 heteroatoms. The number of carbonyl (C=O) groups is 2. The minimum absolute atomic E-state index is 0.0301. The molecule has 0 radical (unpaired) electrons. The highest BCUT2D eigenvalue weighted by Gasteiger charge is 2.23. The molecule has 4 nitrogen and oxygen atoms in total. The van der Waals surface area contributed by atoms with Gasteiger partial charge < -0.3 is 10.6 Å². The number of benzene rings is 1. The first-order valence-corrected chi connectivity index (χ1v) is 9.39. The normalized spacial score (nSPS) is 22.0. The summed E-state index contributed by atoms with van der Waals surface area (Å²) in [5, 5.41) is 6.03. The van der Waals surface area contributed by atoms with E-state index in [1.165, 1.54) is 25.7 Å².